The van der Waals surface area contributed by atoms with Crippen LogP contribution in [0.1, 0.15) is 93.7 Å². The van der Waals surface area contributed by atoms with E-state index in [2.05, 4.69) is 75.2 Å². The molecule has 1 saturated heterocycles. The zero-order chi connectivity index (χ0) is 82.9. The van der Waals surface area contributed by atoms with Gasteiger partial charge in [-0.2, -0.15) is 0 Å². The van der Waals surface area contributed by atoms with Crippen LogP contribution in [-0.2, 0) is 101 Å². The largest absolute Gasteiger partial charge is 0.481 e. The molecule has 39 heteroatoms. The van der Waals surface area contributed by atoms with Gasteiger partial charge in [-0.1, -0.05) is 85.0 Å². The van der Waals surface area contributed by atoms with Gasteiger partial charge in [-0.15, -0.1) is 11.8 Å². The molecule has 0 radical (unpaired) electrons. The van der Waals surface area contributed by atoms with Gasteiger partial charge in [0.25, 0.3) is 0 Å². The number of aromatic amines is 2. The number of aliphatic hydroxyl groups is 1. The average molecular weight is 1620 g/mol. The fraction of sp³-hybridized carbons (Fsp3) is 0.487. The van der Waals surface area contributed by atoms with E-state index in [0.29, 0.717) is 44.9 Å². The van der Waals surface area contributed by atoms with E-state index >= 15 is 0 Å². The van der Waals surface area contributed by atoms with E-state index in [9.17, 15) is 87.2 Å². The summed E-state index contributed by atoms with van der Waals surface area (Å²) in [6, 6.07) is 12.9. The van der Waals surface area contributed by atoms with E-state index in [1.807, 2.05) is 10.6 Å². The number of aliphatic carboxylic acids is 3. The zero-order valence-electron chi connectivity index (χ0n) is 63.2. The molecule has 1 aliphatic carbocycles. The van der Waals surface area contributed by atoms with Crippen molar-refractivity contribution in [2.24, 2.45) is 0 Å². The highest BCUT2D eigenvalue weighted by Crippen LogP contribution is 2.27. The number of thioether (sulfide) groups is 1. The Morgan fingerprint density at radius 1 is 0.539 bits per heavy atom. The molecule has 3 aromatic carbocycles. The monoisotopic (exact) mass is 1620 g/mol. The zero-order valence-corrected chi connectivity index (χ0v) is 64.0. The molecule has 38 nitrogen and oxygen atoms in total. The molecule has 115 heavy (non-hydrogen) atoms. The summed E-state index contributed by atoms with van der Waals surface area (Å²) in [6.45, 7) is -0.474. The van der Waals surface area contributed by atoms with Gasteiger partial charge in [0.15, 0.2) is 6.10 Å². The lowest BCUT2D eigenvalue weighted by atomic mass is 10.0. The van der Waals surface area contributed by atoms with E-state index < -0.39 is 176 Å². The number of amides is 13. The van der Waals surface area contributed by atoms with Gasteiger partial charge in [0.1, 0.15) is 30.2 Å². The Labute approximate surface area is 665 Å². The standard InChI is InChI=1S/C76H99N15O23S/c92-45-50(46-115-61-40-67(98)91(72(61)104)30-25-62(93)77-28-33-113-36-35-111-31-26-63(94)78-27-32-112-34-29-79-76(110)114-51-15-7-2-1-3-8-16-51)84-65(96)43-82-69(101)58(38-48-41-80-54-19-11-9-17-52(48)54)86-71(103)59(39-49-42-81-55-20-12-10-18-53(49)55)85-66(97)44-83-70(102)60(37-47-13-5-4-6-14-47)89-90-64(95)23-21-56(73(105)106)87-75(109)88-57(74(107)108)22-24-68(99)100/h4-6,9-14,17-20,41-42,50-51,56-61,80-81,89,92H,1-3,7,15,21-40,43-46H2,(H,77,93)(H,78,94)(H,79,110)(H,82,101)(H,83,102)(H,84,96)(H,85,97)(H,86,103)(H,90,95)(H,99,100)(H,105,106)(H,107,108)(H2,87,88,109)/t50?,51?,56-,57-,58?,59?,60?,61?/m0/s1. The number of likely N-dealkylation sites (tertiary alicyclic amines) is 1. The molecule has 3 heterocycles. The number of nitrogens with zero attached hydrogens (tertiary/aromatic N) is 1. The van der Waals surface area contributed by atoms with Crippen molar-refractivity contribution in [2.75, 3.05) is 91.3 Å². The second kappa shape index (κ2) is 49.0. The normalized spacial score (nSPS) is 15.4. The fourth-order valence-corrected chi connectivity index (χ4v) is 13.1. The van der Waals surface area contributed by atoms with Gasteiger partial charge >= 0.3 is 30.0 Å². The number of imide groups is 1. The minimum atomic E-state index is -1.73. The number of hydrogen-bond acceptors (Lipinski definition) is 22. The first-order valence-electron chi connectivity index (χ1n) is 37.6. The Hall–Kier alpha value is -11.7. The summed E-state index contributed by atoms with van der Waals surface area (Å²) in [7, 11) is 0. The van der Waals surface area contributed by atoms with Gasteiger partial charge in [-0.25, -0.2) is 24.6 Å². The highest BCUT2D eigenvalue weighted by atomic mass is 32.2. The van der Waals surface area contributed by atoms with Gasteiger partial charge in [0.2, 0.25) is 59.1 Å². The molecule has 622 valence electrons. The number of nitrogens with one attached hydrogen (secondary N) is 14. The Bertz CT molecular complexity index is 4210. The summed E-state index contributed by atoms with van der Waals surface area (Å²) in [5, 5.41) is 64.1. The summed E-state index contributed by atoms with van der Waals surface area (Å²) < 4.78 is 21.8. The molecule has 18 N–H and O–H groups in total. The van der Waals surface area contributed by atoms with Crippen LogP contribution in [0.5, 0.6) is 0 Å². The minimum absolute atomic E-state index is 0.0501. The third-order valence-electron chi connectivity index (χ3n) is 18.0. The van der Waals surface area contributed by atoms with Gasteiger partial charge in [-0.3, -0.25) is 63.1 Å². The van der Waals surface area contributed by atoms with Crippen molar-refractivity contribution >= 4 is 123 Å². The number of hydrogen-bond donors (Lipinski definition) is 18. The fourth-order valence-electron chi connectivity index (χ4n) is 11.9. The average Bonchev–Trinajstić information content (AvgIpc) is 1.70. The molecule has 1 fully saturated rings. The lowest BCUT2D eigenvalue weighted by Gasteiger charge is -2.24. The summed E-state index contributed by atoms with van der Waals surface area (Å²) in [5.74, 6) is -5.36. The molecular formula is C76H99N15O23S. The van der Waals surface area contributed by atoms with Crippen molar-refractivity contribution in [3.05, 3.63) is 108 Å². The molecule has 2 aromatic heterocycles. The maximum absolute atomic E-state index is 14.8. The lowest BCUT2D eigenvalue weighted by molar-refractivity contribution is -0.141. The van der Waals surface area contributed by atoms with Crippen molar-refractivity contribution in [1.82, 2.24) is 78.9 Å². The highest BCUT2D eigenvalue weighted by Gasteiger charge is 2.40. The van der Waals surface area contributed by atoms with Crippen LogP contribution in [0.3, 0.4) is 0 Å². The van der Waals surface area contributed by atoms with E-state index in [-0.39, 0.29) is 116 Å². The van der Waals surface area contributed by atoms with Crippen LogP contribution in [0, 0.1) is 11.8 Å². The van der Waals surface area contributed by atoms with Gasteiger partial charge in [-0.05, 0) is 67.3 Å². The second-order valence-corrected chi connectivity index (χ2v) is 27.9. The Morgan fingerprint density at radius 2 is 1.10 bits per heavy atom. The molecule has 0 bridgehead atoms. The van der Waals surface area contributed by atoms with Crippen LogP contribution in [0.15, 0.2) is 91.3 Å². The third-order valence-corrected chi connectivity index (χ3v) is 19.3. The van der Waals surface area contributed by atoms with Crippen molar-refractivity contribution < 1.29 is 111 Å². The number of urea groups is 1. The molecule has 0 spiro atoms. The van der Waals surface area contributed by atoms with Gasteiger partial charge in [0, 0.05) is 117 Å². The molecule has 13 amide bonds. The van der Waals surface area contributed by atoms with E-state index in [0.717, 1.165) is 42.3 Å². The number of benzene rings is 3. The molecule has 1 aliphatic heterocycles. The Morgan fingerprint density at radius 3 is 1.71 bits per heavy atom. The van der Waals surface area contributed by atoms with Crippen molar-refractivity contribution in [3.63, 3.8) is 0 Å². The number of ether oxygens (including phenoxy) is 4. The number of para-hydroxylation sites is 2. The summed E-state index contributed by atoms with van der Waals surface area (Å²) in [6.07, 6.45) is 3.98. The predicted molar refractivity (Wildman–Crippen MR) is 413 cm³/mol. The molecular weight excluding hydrogens is 1520 g/mol. The number of carbonyl (C=O) groups excluding carboxylic acids is 12. The molecule has 7 rings (SSSR count). The Balaban J connectivity index is 0.843. The molecule has 6 unspecified atom stereocenters. The first-order valence-corrected chi connectivity index (χ1v) is 38.6. The molecule has 2 aliphatic rings. The van der Waals surface area contributed by atoms with E-state index in [4.69, 9.17) is 24.1 Å². The summed E-state index contributed by atoms with van der Waals surface area (Å²) in [5.41, 5.74) is 8.07. The molecule has 0 saturated carbocycles. The first kappa shape index (κ1) is 90.5. The number of rotatable bonds is 51. The first-order chi connectivity index (χ1) is 55.4. The number of carbonyl (C=O) groups is 15. The van der Waals surface area contributed by atoms with E-state index in [1.165, 1.54) is 0 Å². The molecule has 5 aromatic rings. The van der Waals surface area contributed by atoms with Crippen LogP contribution in [0.2, 0.25) is 0 Å². The summed E-state index contributed by atoms with van der Waals surface area (Å²) >= 11 is 1.00. The minimum Gasteiger partial charge on any atom is -0.481 e. The smallest absolute Gasteiger partial charge is 0.408 e. The maximum atomic E-state index is 14.8. The number of aliphatic hydroxyl groups excluding tert-OH is 1. The van der Waals surface area contributed by atoms with Crippen LogP contribution in [0.4, 0.5) is 9.59 Å². The van der Waals surface area contributed by atoms with Crippen molar-refractivity contribution in [2.45, 2.75) is 144 Å². The number of fused-ring (bicyclic) bond motifs is 2. The maximum Gasteiger partial charge on any atom is 0.408 e. The Kier molecular flexibility index (Phi) is 38.6. The van der Waals surface area contributed by atoms with Gasteiger partial charge in [0.05, 0.1) is 70.6 Å². The lowest BCUT2D eigenvalue weighted by Crippen LogP contribution is -2.57. The van der Waals surface area contributed by atoms with E-state index in [1.54, 1.807) is 91.3 Å². The van der Waals surface area contributed by atoms with Crippen molar-refractivity contribution in [3.8, 4) is 11.8 Å². The number of aromatic nitrogens is 2. The van der Waals surface area contributed by atoms with Crippen LogP contribution in [0.25, 0.3) is 21.8 Å². The topological polar surface area (TPSA) is 553 Å². The predicted octanol–water partition coefficient (Wildman–Crippen LogP) is -0.818. The second-order valence-electron chi connectivity index (χ2n) is 26.7. The number of H-pyrrole nitrogens is 2. The molecule has 8 atom stereocenters. The van der Waals surface area contributed by atoms with Gasteiger partial charge < -0.3 is 103 Å². The third kappa shape index (κ3) is 32.7. The summed E-state index contributed by atoms with van der Waals surface area (Å²) in [4.78, 5) is 202. The van der Waals surface area contributed by atoms with Crippen LogP contribution < -0.4 is 64.0 Å². The number of alkyl carbamates (subject to hydrolysis) is 1. The SMILES string of the molecule is O=C(O)CC[C@H](NC(=O)N[C@@H](CCC(=O)NNC(Cc1ccccc1)C(=O)NCC(=O)NC(Cc1c[nH]c2ccccc12)C(=O)NC(Cc1c[nH]c2ccccc12)C(=O)NCC(=O)NC(CO)CSC1CC(=O)N(CCC(=O)NCCOCCOCCC(=O)NCCOCCNC(=O)OC2C#CCCCCC2)C1=O)C(=O)O)C(=O)O. The van der Waals surface area contributed by atoms with Crippen molar-refractivity contribution in [1.29, 1.82) is 0 Å². The quantitative estimate of drug-likeness (QED) is 0.00979. The number of carboxylic acids is 3. The van der Waals surface area contributed by atoms with Crippen LogP contribution in [-0.4, -0.2) is 263 Å². The van der Waals surface area contributed by atoms with Crippen LogP contribution >= 0.6 is 11.8 Å². The highest BCUT2D eigenvalue weighted by molar-refractivity contribution is 8.00. The number of carboxylic acid groups (broad SMARTS) is 3. The number of hydrazine groups is 1.